The number of hydrogen-bond acceptors (Lipinski definition) is 5. The third kappa shape index (κ3) is 1.48. The summed E-state index contributed by atoms with van der Waals surface area (Å²) in [5, 5.41) is 7.23. The minimum atomic E-state index is 0.180. The molecule has 3 rings (SSSR count). The van der Waals surface area contributed by atoms with Crippen molar-refractivity contribution in [2.45, 2.75) is 18.8 Å². The van der Waals surface area contributed by atoms with E-state index in [-0.39, 0.29) is 5.95 Å². The SMILES string of the molecule is Nc1ncc(-c2cc(C3CC3)[nH]n2)c(N)n1. The van der Waals surface area contributed by atoms with Gasteiger partial charge in [0.2, 0.25) is 5.95 Å². The lowest BCUT2D eigenvalue weighted by Gasteiger charge is -2.00. The highest BCUT2D eigenvalue weighted by Crippen LogP contribution is 2.40. The number of aromatic amines is 1. The summed E-state index contributed by atoms with van der Waals surface area (Å²) in [6.07, 6.45) is 4.06. The van der Waals surface area contributed by atoms with Gasteiger partial charge in [0.25, 0.3) is 0 Å². The Morgan fingerprint density at radius 1 is 1.31 bits per heavy atom. The van der Waals surface area contributed by atoms with Crippen LogP contribution in [0.15, 0.2) is 12.3 Å². The van der Waals surface area contributed by atoms with Gasteiger partial charge in [0.1, 0.15) is 5.82 Å². The molecule has 6 heteroatoms. The summed E-state index contributed by atoms with van der Waals surface area (Å²) in [7, 11) is 0. The van der Waals surface area contributed by atoms with Crippen molar-refractivity contribution in [1.29, 1.82) is 0 Å². The van der Waals surface area contributed by atoms with E-state index in [0.717, 1.165) is 17.0 Å². The Morgan fingerprint density at radius 3 is 2.81 bits per heavy atom. The first-order valence-corrected chi connectivity index (χ1v) is 5.17. The summed E-state index contributed by atoms with van der Waals surface area (Å²) in [5.74, 6) is 1.18. The maximum atomic E-state index is 5.77. The molecule has 1 fully saturated rings. The van der Waals surface area contributed by atoms with E-state index >= 15 is 0 Å². The molecule has 1 saturated carbocycles. The zero-order valence-electron chi connectivity index (χ0n) is 8.64. The van der Waals surface area contributed by atoms with Crippen LogP contribution in [-0.4, -0.2) is 20.2 Å². The lowest BCUT2D eigenvalue weighted by molar-refractivity contribution is 0.966. The molecule has 1 aliphatic rings. The van der Waals surface area contributed by atoms with Crippen LogP contribution in [0.2, 0.25) is 0 Å². The van der Waals surface area contributed by atoms with Gasteiger partial charge in [-0.3, -0.25) is 5.10 Å². The monoisotopic (exact) mass is 216 g/mol. The van der Waals surface area contributed by atoms with E-state index in [9.17, 15) is 0 Å². The highest BCUT2D eigenvalue weighted by atomic mass is 15.1. The van der Waals surface area contributed by atoms with Gasteiger partial charge in [0, 0.05) is 17.8 Å². The number of anilines is 2. The van der Waals surface area contributed by atoms with Gasteiger partial charge in [0.05, 0.1) is 11.3 Å². The van der Waals surface area contributed by atoms with Crippen molar-refractivity contribution in [2.75, 3.05) is 11.5 Å². The summed E-state index contributed by atoms with van der Waals surface area (Å²) in [6, 6.07) is 2.00. The van der Waals surface area contributed by atoms with Crippen molar-refractivity contribution in [3.63, 3.8) is 0 Å². The first-order valence-electron chi connectivity index (χ1n) is 5.17. The molecule has 0 aromatic carbocycles. The topological polar surface area (TPSA) is 106 Å². The molecule has 0 saturated heterocycles. The van der Waals surface area contributed by atoms with Crippen LogP contribution in [0.4, 0.5) is 11.8 Å². The number of hydrogen-bond donors (Lipinski definition) is 3. The molecule has 5 N–H and O–H groups in total. The predicted molar refractivity (Wildman–Crippen MR) is 60.4 cm³/mol. The predicted octanol–water partition coefficient (Wildman–Crippen LogP) is 0.908. The lowest BCUT2D eigenvalue weighted by Crippen LogP contribution is -2.01. The van der Waals surface area contributed by atoms with E-state index in [1.54, 1.807) is 6.20 Å². The van der Waals surface area contributed by atoms with E-state index in [0.29, 0.717) is 11.7 Å². The first kappa shape index (κ1) is 9.14. The number of nitrogens with zero attached hydrogens (tertiary/aromatic N) is 3. The van der Waals surface area contributed by atoms with Gasteiger partial charge in [-0.1, -0.05) is 0 Å². The molecule has 0 radical (unpaired) electrons. The third-order valence-corrected chi connectivity index (χ3v) is 2.73. The second-order valence-corrected chi connectivity index (χ2v) is 4.01. The molecule has 82 valence electrons. The Labute approximate surface area is 92.1 Å². The van der Waals surface area contributed by atoms with Crippen LogP contribution in [0.25, 0.3) is 11.3 Å². The molecule has 6 nitrogen and oxygen atoms in total. The highest BCUT2D eigenvalue weighted by Gasteiger charge is 2.26. The minimum Gasteiger partial charge on any atom is -0.383 e. The van der Waals surface area contributed by atoms with Crippen LogP contribution < -0.4 is 11.5 Å². The fourth-order valence-electron chi connectivity index (χ4n) is 1.68. The molecule has 2 heterocycles. The molecule has 16 heavy (non-hydrogen) atoms. The molecule has 0 amide bonds. The maximum absolute atomic E-state index is 5.77. The van der Waals surface area contributed by atoms with Crippen molar-refractivity contribution in [1.82, 2.24) is 20.2 Å². The van der Waals surface area contributed by atoms with Crippen LogP contribution >= 0.6 is 0 Å². The Balaban J connectivity index is 2.00. The lowest BCUT2D eigenvalue weighted by atomic mass is 10.2. The normalized spacial score (nSPS) is 15.2. The van der Waals surface area contributed by atoms with E-state index < -0.39 is 0 Å². The number of nitrogen functional groups attached to an aromatic ring is 2. The summed E-state index contributed by atoms with van der Waals surface area (Å²) >= 11 is 0. The molecular formula is C10H12N6. The zero-order chi connectivity index (χ0) is 11.1. The summed E-state index contributed by atoms with van der Waals surface area (Å²) in [6.45, 7) is 0. The van der Waals surface area contributed by atoms with Crippen LogP contribution in [0.1, 0.15) is 24.5 Å². The van der Waals surface area contributed by atoms with Gasteiger partial charge < -0.3 is 11.5 Å². The molecule has 0 bridgehead atoms. The third-order valence-electron chi connectivity index (χ3n) is 2.73. The summed E-state index contributed by atoms with van der Waals surface area (Å²) in [4.78, 5) is 7.83. The molecular weight excluding hydrogens is 204 g/mol. The van der Waals surface area contributed by atoms with Gasteiger partial charge in [-0.05, 0) is 18.9 Å². The Kier molecular flexibility index (Phi) is 1.82. The van der Waals surface area contributed by atoms with Gasteiger partial charge >= 0.3 is 0 Å². The van der Waals surface area contributed by atoms with Gasteiger partial charge in [-0.2, -0.15) is 10.1 Å². The smallest absolute Gasteiger partial charge is 0.221 e. The molecule has 1 aliphatic carbocycles. The molecule has 0 atom stereocenters. The Hall–Kier alpha value is -2.11. The van der Waals surface area contributed by atoms with Crippen LogP contribution in [0.5, 0.6) is 0 Å². The quantitative estimate of drug-likeness (QED) is 0.691. The first-order chi connectivity index (χ1) is 7.74. The summed E-state index contributed by atoms with van der Waals surface area (Å²) in [5.41, 5.74) is 13.9. The van der Waals surface area contributed by atoms with E-state index in [4.69, 9.17) is 11.5 Å². The fraction of sp³-hybridized carbons (Fsp3) is 0.300. The maximum Gasteiger partial charge on any atom is 0.221 e. The van der Waals surface area contributed by atoms with Gasteiger partial charge in [0.15, 0.2) is 0 Å². The number of nitrogens with two attached hydrogens (primary N) is 2. The van der Waals surface area contributed by atoms with Crippen LogP contribution in [0.3, 0.4) is 0 Å². The molecule has 0 spiro atoms. The van der Waals surface area contributed by atoms with Crippen molar-refractivity contribution >= 4 is 11.8 Å². The average molecular weight is 216 g/mol. The number of aromatic nitrogens is 4. The molecule has 0 aliphatic heterocycles. The highest BCUT2D eigenvalue weighted by molar-refractivity contribution is 5.70. The van der Waals surface area contributed by atoms with E-state index in [2.05, 4.69) is 20.2 Å². The minimum absolute atomic E-state index is 0.180. The number of H-pyrrole nitrogens is 1. The molecule has 2 aromatic rings. The fourth-order valence-corrected chi connectivity index (χ4v) is 1.68. The van der Waals surface area contributed by atoms with Gasteiger partial charge in [-0.25, -0.2) is 4.98 Å². The second-order valence-electron chi connectivity index (χ2n) is 4.01. The second kappa shape index (κ2) is 3.19. The number of rotatable bonds is 2. The average Bonchev–Trinajstić information content (AvgIpc) is 2.98. The Morgan fingerprint density at radius 2 is 2.12 bits per heavy atom. The van der Waals surface area contributed by atoms with Crippen molar-refractivity contribution < 1.29 is 0 Å². The molecule has 0 unspecified atom stereocenters. The van der Waals surface area contributed by atoms with E-state index in [1.165, 1.54) is 12.8 Å². The van der Waals surface area contributed by atoms with Crippen molar-refractivity contribution in [3.8, 4) is 11.3 Å². The van der Waals surface area contributed by atoms with Crippen LogP contribution in [-0.2, 0) is 0 Å². The van der Waals surface area contributed by atoms with Crippen LogP contribution in [0, 0.1) is 0 Å². The zero-order valence-corrected chi connectivity index (χ0v) is 8.64. The largest absolute Gasteiger partial charge is 0.383 e. The van der Waals surface area contributed by atoms with E-state index in [1.807, 2.05) is 6.07 Å². The van der Waals surface area contributed by atoms with Gasteiger partial charge in [-0.15, -0.1) is 0 Å². The number of nitrogens with one attached hydrogen (secondary N) is 1. The van der Waals surface area contributed by atoms with Crippen molar-refractivity contribution in [2.24, 2.45) is 0 Å². The molecule has 2 aromatic heterocycles. The standard InChI is InChI=1S/C10H12N6/c11-9-6(4-13-10(12)14-9)8-3-7(15-16-8)5-1-2-5/h3-5H,1-2H2,(H,15,16)(H4,11,12,13,14). The Bertz CT molecular complexity index is 528. The summed E-state index contributed by atoms with van der Waals surface area (Å²) < 4.78 is 0. The van der Waals surface area contributed by atoms with Crippen molar-refractivity contribution in [3.05, 3.63) is 18.0 Å².